The molecule has 0 saturated carbocycles. The van der Waals surface area contributed by atoms with Gasteiger partial charge in [0.1, 0.15) is 0 Å². The van der Waals surface area contributed by atoms with E-state index in [0.29, 0.717) is 23.7 Å². The first kappa shape index (κ1) is 10.8. The minimum absolute atomic E-state index is 0.550. The Hall–Kier alpha value is -0.163. The molecule has 0 atom stereocenters. The Balaban J connectivity index is 4.07. The van der Waals surface area contributed by atoms with Crippen LogP contribution in [-0.2, 0) is 13.9 Å². The van der Waals surface area contributed by atoms with Crippen LogP contribution in [-0.4, -0.2) is 29.7 Å². The molecule has 0 aromatic carbocycles. The molecule has 11 heavy (non-hydrogen) atoms. The van der Waals surface area contributed by atoms with Crippen LogP contribution in [0.4, 0.5) is 0 Å². The molecule has 0 unspecified atom stereocenters. The summed E-state index contributed by atoms with van der Waals surface area (Å²) in [5.41, 5.74) is 0. The third-order valence-electron chi connectivity index (χ3n) is 1.23. The lowest BCUT2D eigenvalue weighted by atomic mass is 10.5. The van der Waals surface area contributed by atoms with Crippen molar-refractivity contribution in [3.63, 3.8) is 0 Å². The van der Waals surface area contributed by atoms with Crippen LogP contribution in [0.25, 0.3) is 0 Å². The van der Waals surface area contributed by atoms with Crippen LogP contribution in [0, 0.1) is 0 Å². The number of hydrogen-bond donors (Lipinski definition) is 0. The van der Waals surface area contributed by atoms with Gasteiger partial charge in [0.25, 0.3) is 5.97 Å². The summed E-state index contributed by atoms with van der Waals surface area (Å²) in [5, 5.41) is 0. The second-order valence-electron chi connectivity index (χ2n) is 1.88. The van der Waals surface area contributed by atoms with Gasteiger partial charge in [-0.25, -0.2) is 0 Å². The van der Waals surface area contributed by atoms with Gasteiger partial charge in [-0.1, -0.05) is 6.58 Å². The Bertz CT molecular complexity index is 110. The van der Waals surface area contributed by atoms with Crippen molar-refractivity contribution in [1.29, 1.82) is 0 Å². The molecule has 0 saturated heterocycles. The molecule has 0 aromatic heterocycles. The fourth-order valence-electron chi connectivity index (χ4n) is 0.763. The van der Waals surface area contributed by atoms with Crippen molar-refractivity contribution in [2.75, 3.05) is 13.2 Å². The van der Waals surface area contributed by atoms with Gasteiger partial charge < -0.3 is 13.9 Å². The summed E-state index contributed by atoms with van der Waals surface area (Å²) in [6.07, 6.45) is 1.53. The van der Waals surface area contributed by atoms with E-state index < -0.39 is 5.97 Å². The third kappa shape index (κ3) is 3.16. The molecule has 0 rings (SSSR count). The van der Waals surface area contributed by atoms with E-state index in [1.54, 1.807) is 0 Å². The Morgan fingerprint density at radius 2 is 1.82 bits per heavy atom. The minimum Gasteiger partial charge on any atom is -0.377 e. The fourth-order valence-corrected chi connectivity index (χ4v) is 1.17. The lowest BCUT2D eigenvalue weighted by molar-refractivity contribution is -0.307. The zero-order valence-electron chi connectivity index (χ0n) is 7.42. The monoisotopic (exact) mass is 176 g/mol. The summed E-state index contributed by atoms with van der Waals surface area (Å²) in [6.45, 7) is 8.46. The first-order valence-electron chi connectivity index (χ1n) is 3.71. The summed E-state index contributed by atoms with van der Waals surface area (Å²) >= 11 is 0. The highest BCUT2D eigenvalue weighted by atomic mass is 28.2. The van der Waals surface area contributed by atoms with Gasteiger partial charge >= 0.3 is 0 Å². The van der Waals surface area contributed by atoms with Gasteiger partial charge in [-0.3, -0.25) is 0 Å². The van der Waals surface area contributed by atoms with Crippen LogP contribution in [0.5, 0.6) is 0 Å². The molecule has 0 spiro atoms. The van der Waals surface area contributed by atoms with Crippen molar-refractivity contribution in [3.05, 3.63) is 12.7 Å². The SMILES string of the molecule is C=CC(O[SiH3])(OCC)OCC. The Kier molecular flexibility index (Phi) is 5.40. The summed E-state index contributed by atoms with van der Waals surface area (Å²) < 4.78 is 15.6. The first-order chi connectivity index (χ1) is 5.24. The van der Waals surface area contributed by atoms with E-state index >= 15 is 0 Å². The molecule has 66 valence electrons. The van der Waals surface area contributed by atoms with Crippen molar-refractivity contribution >= 4 is 10.5 Å². The minimum atomic E-state index is -0.990. The maximum atomic E-state index is 5.24. The van der Waals surface area contributed by atoms with Crippen LogP contribution < -0.4 is 0 Å². The fraction of sp³-hybridized carbons (Fsp3) is 0.714. The molecule has 0 heterocycles. The summed E-state index contributed by atoms with van der Waals surface area (Å²) in [5.74, 6) is -0.990. The molecule has 0 bridgehead atoms. The first-order valence-corrected chi connectivity index (χ1v) is 4.53. The third-order valence-corrected chi connectivity index (χ3v) is 1.79. The normalized spacial score (nSPS) is 11.8. The van der Waals surface area contributed by atoms with E-state index in [0.717, 1.165) is 0 Å². The molecule has 0 aliphatic carbocycles. The van der Waals surface area contributed by atoms with Crippen LogP contribution in [0.2, 0.25) is 0 Å². The highest BCUT2D eigenvalue weighted by Crippen LogP contribution is 2.14. The van der Waals surface area contributed by atoms with E-state index in [4.69, 9.17) is 13.9 Å². The van der Waals surface area contributed by atoms with Crippen molar-refractivity contribution in [3.8, 4) is 0 Å². The van der Waals surface area contributed by atoms with E-state index in [1.807, 2.05) is 13.8 Å². The van der Waals surface area contributed by atoms with Gasteiger partial charge in [-0.2, -0.15) is 0 Å². The molecule has 0 amide bonds. The van der Waals surface area contributed by atoms with Gasteiger partial charge in [0.15, 0.2) is 10.5 Å². The highest BCUT2D eigenvalue weighted by Gasteiger charge is 2.25. The molecular weight excluding hydrogens is 160 g/mol. The van der Waals surface area contributed by atoms with Crippen molar-refractivity contribution < 1.29 is 13.9 Å². The molecule has 0 aliphatic heterocycles. The maximum absolute atomic E-state index is 5.24. The van der Waals surface area contributed by atoms with E-state index in [2.05, 4.69) is 6.58 Å². The summed E-state index contributed by atoms with van der Waals surface area (Å²) in [4.78, 5) is 0. The zero-order valence-corrected chi connectivity index (χ0v) is 9.42. The summed E-state index contributed by atoms with van der Waals surface area (Å²) in [6, 6.07) is 0. The van der Waals surface area contributed by atoms with Gasteiger partial charge in [0.05, 0.1) is 0 Å². The van der Waals surface area contributed by atoms with E-state index in [1.165, 1.54) is 6.08 Å². The van der Waals surface area contributed by atoms with Crippen molar-refractivity contribution in [1.82, 2.24) is 0 Å². The average Bonchev–Trinajstić information content (AvgIpc) is 2.04. The van der Waals surface area contributed by atoms with Crippen molar-refractivity contribution in [2.45, 2.75) is 19.8 Å². The molecule has 0 aromatic rings. The molecule has 0 N–H and O–H groups in total. The van der Waals surface area contributed by atoms with Gasteiger partial charge in [0.2, 0.25) is 0 Å². The molecule has 0 radical (unpaired) electrons. The van der Waals surface area contributed by atoms with Gasteiger partial charge in [-0.15, -0.1) is 0 Å². The number of hydrogen-bond acceptors (Lipinski definition) is 3. The zero-order chi connectivity index (χ0) is 8.74. The highest BCUT2D eigenvalue weighted by molar-refractivity contribution is 5.98. The second kappa shape index (κ2) is 5.48. The standard InChI is InChI=1S/C7H16O3Si/c1-4-7(10-11,8-5-2)9-6-3/h4H,1,5-6H2,2-3,11H3. The topological polar surface area (TPSA) is 27.7 Å². The Labute approximate surface area is 70.9 Å². The predicted molar refractivity (Wildman–Crippen MR) is 47.2 cm³/mol. The van der Waals surface area contributed by atoms with Crippen LogP contribution in [0.3, 0.4) is 0 Å². The maximum Gasteiger partial charge on any atom is 0.294 e. The van der Waals surface area contributed by atoms with Crippen molar-refractivity contribution in [2.24, 2.45) is 0 Å². The van der Waals surface area contributed by atoms with Crippen LogP contribution >= 0.6 is 0 Å². The van der Waals surface area contributed by atoms with Gasteiger partial charge in [-0.05, 0) is 19.9 Å². The molecular formula is C7H16O3Si. The smallest absolute Gasteiger partial charge is 0.294 e. The Morgan fingerprint density at radius 1 is 1.36 bits per heavy atom. The number of rotatable bonds is 6. The average molecular weight is 176 g/mol. The van der Waals surface area contributed by atoms with E-state index in [-0.39, 0.29) is 0 Å². The predicted octanol–water partition coefficient (Wildman–Crippen LogP) is 0.196. The molecule has 3 nitrogen and oxygen atoms in total. The Morgan fingerprint density at radius 3 is 2.00 bits per heavy atom. The van der Waals surface area contributed by atoms with Crippen LogP contribution in [0.1, 0.15) is 13.8 Å². The summed E-state index contributed by atoms with van der Waals surface area (Å²) in [7, 11) is 0.563. The lowest BCUT2D eigenvalue weighted by Crippen LogP contribution is -2.36. The molecule has 0 aliphatic rings. The number of ether oxygens (including phenoxy) is 2. The lowest BCUT2D eigenvalue weighted by Gasteiger charge is -2.28. The molecule has 4 heteroatoms. The second-order valence-corrected chi connectivity index (χ2v) is 2.29. The quantitative estimate of drug-likeness (QED) is 0.329. The van der Waals surface area contributed by atoms with Crippen LogP contribution in [0.15, 0.2) is 12.7 Å². The van der Waals surface area contributed by atoms with E-state index in [9.17, 15) is 0 Å². The largest absolute Gasteiger partial charge is 0.377 e. The molecule has 0 fully saturated rings. The van der Waals surface area contributed by atoms with Gasteiger partial charge in [0, 0.05) is 13.2 Å².